The molecule has 8 N–H and O–H groups in total. The van der Waals surface area contributed by atoms with Gasteiger partial charge in [-0.05, 0) is 196 Å². The first-order valence-corrected chi connectivity index (χ1v) is 48.7. The van der Waals surface area contributed by atoms with Crippen LogP contribution in [0.1, 0.15) is 563 Å². The highest BCUT2D eigenvalue weighted by Gasteiger charge is 2.53. The van der Waals surface area contributed by atoms with E-state index >= 15 is 0 Å². The highest BCUT2D eigenvalue weighted by Crippen LogP contribution is 2.47. The minimum atomic E-state index is -3.06. The fraction of sp³-hybridized carbons (Fsp3) is 1.00. The molecule has 11 heteroatoms. The number of hydrogen-bond acceptors (Lipinski definition) is 8. The van der Waals surface area contributed by atoms with Crippen molar-refractivity contribution in [1.29, 1.82) is 0 Å². The molecule has 0 spiro atoms. The summed E-state index contributed by atoms with van der Waals surface area (Å²) in [7, 11) is 0. The maximum Gasteiger partial charge on any atom is 0.273 e. The van der Waals surface area contributed by atoms with Crippen LogP contribution in [0, 0.1) is 116 Å². The normalized spacial score (nSPS) is 17.5. The quantitative estimate of drug-likeness (QED) is 0.0634. The van der Waals surface area contributed by atoms with E-state index in [0.717, 1.165) is 71.6 Å². The first kappa shape index (κ1) is 155. The Bertz CT molecular complexity index is 2440. The predicted octanol–water partition coefficient (Wildman–Crippen LogP) is 36.5. The van der Waals surface area contributed by atoms with Gasteiger partial charge in [-0.3, -0.25) is 4.39 Å². The van der Waals surface area contributed by atoms with Gasteiger partial charge in [0.05, 0.1) is 45.9 Å². The van der Waals surface area contributed by atoms with E-state index < -0.39 is 56.1 Å². The van der Waals surface area contributed by atoms with Crippen molar-refractivity contribution < 1.29 is 54.0 Å². The number of halogens is 3. The van der Waals surface area contributed by atoms with Gasteiger partial charge < -0.3 is 40.9 Å². The topological polar surface area (TPSA) is 162 Å². The molecule has 8 nitrogen and oxygen atoms in total. The summed E-state index contributed by atoms with van der Waals surface area (Å²) in [5, 5.41) is 79.8. The summed E-state index contributed by atoms with van der Waals surface area (Å²) in [6, 6.07) is 0. The minimum Gasteiger partial charge on any atom is -0.390 e. The number of aliphatic hydroxyl groups is 8. The molecule has 0 radical (unpaired) electrons. The maximum absolute atomic E-state index is 12.7. The Morgan fingerprint density at radius 3 is 0.573 bits per heavy atom. The van der Waals surface area contributed by atoms with Gasteiger partial charge in [0, 0.05) is 6.92 Å². The lowest BCUT2D eigenvalue weighted by Crippen LogP contribution is -2.53. The van der Waals surface area contributed by atoms with Gasteiger partial charge in [-0.25, -0.2) is 8.78 Å². The van der Waals surface area contributed by atoms with Gasteiger partial charge in [0.15, 0.2) is 0 Å². The third kappa shape index (κ3) is 58.6. The van der Waals surface area contributed by atoms with Crippen LogP contribution in [0.5, 0.6) is 0 Å². The number of hydrogen-bond donors (Lipinski definition) is 8. The summed E-state index contributed by atoms with van der Waals surface area (Å²) in [6.07, 6.45) is 12.1. The van der Waals surface area contributed by atoms with Crippen LogP contribution in [0.3, 0.4) is 0 Å². The smallest absolute Gasteiger partial charge is 0.273 e. The van der Waals surface area contributed by atoms with E-state index in [0.29, 0.717) is 62.1 Å². The Morgan fingerprint density at radius 2 is 0.532 bits per heavy atom. The van der Waals surface area contributed by atoms with Gasteiger partial charge in [0.1, 0.15) is 5.60 Å². The van der Waals surface area contributed by atoms with Gasteiger partial charge in [0.25, 0.3) is 5.92 Å². The first-order valence-electron chi connectivity index (χ1n) is 48.7. The molecule has 0 saturated carbocycles. The maximum atomic E-state index is 12.7. The van der Waals surface area contributed by atoms with Crippen LogP contribution >= 0.6 is 0 Å². The van der Waals surface area contributed by atoms with Crippen molar-refractivity contribution in [3.8, 4) is 0 Å². The standard InChI is InChI=1S/2C11H24O.2C10H22O.C10H22.2C9H20O.C9H20.C8H16F2O.C8H17F.C8H18O.C8H18.2CH4/c1-7-11(12,8-9(2)3)10(4,5)6;1-7-9(3)11(12,8-2)10(4,5)6;1-8(2)7-10(6,11)9(3,4)5;1-7-8(2)10(6,11)9(3,4)5;1-7-10(6,8-2)9(3,4)5;1-7(2)9(6,10)8(3,4)5;1-6-7-9(5,10)8(2,3)4;1-7-9(5,6)8(2,3)4;1-6(2,3)7(4,11)8(5,9)10;1-7(2,3)8(4,5)6-9;1-6-8(5,9)7(2,3)4;1-7(2,3)8(4,5)6;;/h2*9,12H,7-8H2,1-6H3;2*8,11H,7H2,1-6H3;7-8H2,1-6H3;7,10H,1-6H3;10H,6-7H2,1-5H3;7H2,1-6H3;11H,1-5H3;6H2,1-5H3;9H,6H2,1-5H3;1-6H3;2*1H4. The van der Waals surface area contributed by atoms with Gasteiger partial charge in [0.2, 0.25) is 0 Å². The lowest BCUT2D eigenvalue weighted by atomic mass is 9.65. The molecule has 124 heavy (non-hydrogen) atoms. The fourth-order valence-corrected chi connectivity index (χ4v) is 10.8. The van der Waals surface area contributed by atoms with E-state index in [-0.39, 0.29) is 70.3 Å². The third-order valence-electron chi connectivity index (χ3n) is 32.0. The molecular formula is C113H251F3O8. The summed E-state index contributed by atoms with van der Waals surface area (Å²) in [4.78, 5) is 0. The molecule has 0 aliphatic heterocycles. The van der Waals surface area contributed by atoms with E-state index in [9.17, 15) is 54.0 Å². The van der Waals surface area contributed by atoms with Crippen LogP contribution in [-0.4, -0.2) is 98.3 Å². The summed E-state index contributed by atoms with van der Waals surface area (Å²) in [5.74, 6) is -0.887. The lowest BCUT2D eigenvalue weighted by Gasteiger charge is -2.44. The summed E-state index contributed by atoms with van der Waals surface area (Å²) >= 11 is 0. The van der Waals surface area contributed by atoms with Crippen molar-refractivity contribution >= 4 is 0 Å². The third-order valence-corrected chi connectivity index (χ3v) is 32.0. The van der Waals surface area contributed by atoms with Crippen LogP contribution in [0.2, 0.25) is 0 Å². The number of alkyl halides is 3. The molecular weight excluding hydrogens is 1540 g/mol. The highest BCUT2D eigenvalue weighted by atomic mass is 19.3. The van der Waals surface area contributed by atoms with E-state index in [1.165, 1.54) is 19.3 Å². The summed E-state index contributed by atoms with van der Waals surface area (Å²) in [5.41, 5.74) is -3.90. The predicted molar refractivity (Wildman–Crippen MR) is 562 cm³/mol. The van der Waals surface area contributed by atoms with Crippen molar-refractivity contribution in [2.75, 3.05) is 6.67 Å². The lowest BCUT2D eigenvalue weighted by molar-refractivity contribution is -0.207. The fourth-order valence-electron chi connectivity index (χ4n) is 10.8. The zero-order valence-corrected chi connectivity index (χ0v) is 97.3. The van der Waals surface area contributed by atoms with Crippen LogP contribution in [0.15, 0.2) is 0 Å². The van der Waals surface area contributed by atoms with Crippen molar-refractivity contribution in [1.82, 2.24) is 0 Å². The van der Waals surface area contributed by atoms with Crippen molar-refractivity contribution in [2.45, 2.75) is 613 Å². The van der Waals surface area contributed by atoms with Crippen molar-refractivity contribution in [2.24, 2.45) is 116 Å². The van der Waals surface area contributed by atoms with Crippen molar-refractivity contribution in [3.63, 3.8) is 0 Å². The van der Waals surface area contributed by atoms with Gasteiger partial charge >= 0.3 is 0 Å². The Balaban J connectivity index is -0.0000000887. The zero-order valence-electron chi connectivity index (χ0n) is 97.3. The molecule has 0 heterocycles. The van der Waals surface area contributed by atoms with Crippen LogP contribution in [-0.2, 0) is 0 Å². The zero-order chi connectivity index (χ0) is 104. The molecule has 0 bridgehead atoms. The molecule has 0 amide bonds. The van der Waals surface area contributed by atoms with E-state index in [4.69, 9.17) is 0 Å². The molecule has 10 unspecified atom stereocenters. The second kappa shape index (κ2) is 57.4. The molecule has 0 aromatic carbocycles. The minimum absolute atomic E-state index is 0. The molecule has 0 aliphatic carbocycles. The molecule has 0 saturated heterocycles. The van der Waals surface area contributed by atoms with Crippen molar-refractivity contribution in [3.05, 3.63) is 0 Å². The summed E-state index contributed by atoms with van der Waals surface area (Å²) in [6.45, 7) is 141. The largest absolute Gasteiger partial charge is 0.390 e. The van der Waals surface area contributed by atoms with Gasteiger partial charge in [-0.1, -0.05) is 476 Å². The van der Waals surface area contributed by atoms with E-state index in [1.54, 1.807) is 20.8 Å². The molecule has 0 aromatic rings. The second-order valence-electron chi connectivity index (χ2n) is 54.6. The Kier molecular flexibility index (Phi) is 71.5. The first-order chi connectivity index (χ1) is 52.0. The van der Waals surface area contributed by atoms with Crippen LogP contribution < -0.4 is 0 Å². The Labute approximate surface area is 786 Å². The SMILES string of the molecule is C.C.CC(C)(C)C(C)(C)C.CC(C)(C)C(C)(C)CF.CC(C)(C)C(C)(O)C(C)(F)F.CC(C)C(C)(O)C(C)(C)C.CC(C)CC(C)(O)C(C)(C)C.CCC(C)(C)C(C)(C)C.CCC(C)(CC)C(C)(C)C.CCC(C)(O)C(C)(C)C.CCC(C)C(C)(O)C(C)(C)C.CCC(C)C(O)(CC)C(C)(C)C.CCC(O)(CC(C)C)C(C)(C)C.CCCC(C)(O)C(C)(C)C. The monoisotopic (exact) mass is 1790 g/mol. The van der Waals surface area contributed by atoms with Gasteiger partial charge in [-0.15, -0.1) is 0 Å². The Morgan fingerprint density at radius 1 is 0.250 bits per heavy atom. The van der Waals surface area contributed by atoms with Crippen LogP contribution in [0.4, 0.5) is 13.2 Å². The van der Waals surface area contributed by atoms with E-state index in [1.807, 2.05) is 69.2 Å². The average molecular weight is 1800 g/mol. The second-order valence-corrected chi connectivity index (χ2v) is 54.6. The van der Waals surface area contributed by atoms with E-state index in [2.05, 4.69) is 367 Å². The molecule has 772 valence electrons. The number of rotatable bonds is 19. The molecule has 0 rings (SSSR count). The molecule has 10 atom stereocenters. The average Bonchev–Trinajstić information content (AvgIpc) is 0.796. The highest BCUT2D eigenvalue weighted by molar-refractivity contribution is 4.97. The molecule has 0 aliphatic rings. The molecule has 0 fully saturated rings. The summed E-state index contributed by atoms with van der Waals surface area (Å²) < 4.78 is 37.8. The van der Waals surface area contributed by atoms with Gasteiger partial charge in [-0.2, -0.15) is 0 Å². The molecule has 0 aromatic heterocycles. The van der Waals surface area contributed by atoms with Crippen LogP contribution in [0.25, 0.3) is 0 Å². The Hall–Kier alpha value is -0.530.